The second-order valence-electron chi connectivity index (χ2n) is 5.29. The van der Waals surface area contributed by atoms with Crippen molar-refractivity contribution < 1.29 is 0 Å². The highest BCUT2D eigenvalue weighted by atomic mass is 15.2. The van der Waals surface area contributed by atoms with E-state index in [1.165, 1.54) is 41.5 Å². The minimum absolute atomic E-state index is 0.793. The molecule has 0 spiro atoms. The maximum Gasteiger partial charge on any atom is 0.0456 e. The second-order valence-corrected chi connectivity index (χ2v) is 5.29. The van der Waals surface area contributed by atoms with Gasteiger partial charge in [0.1, 0.15) is 0 Å². The number of nitrogens with one attached hydrogen (secondary N) is 1. The second kappa shape index (κ2) is 4.19. The summed E-state index contributed by atoms with van der Waals surface area (Å²) in [6, 6.07) is 7.43. The summed E-state index contributed by atoms with van der Waals surface area (Å²) in [5.41, 5.74) is 4.07. The number of benzene rings is 1. The largest absolute Gasteiger partial charge is 0.361 e. The van der Waals surface area contributed by atoms with E-state index in [2.05, 4.69) is 48.1 Å². The maximum absolute atomic E-state index is 3.37. The van der Waals surface area contributed by atoms with Gasteiger partial charge in [-0.15, -0.1) is 0 Å². The lowest BCUT2D eigenvalue weighted by atomic mass is 10.0. The van der Waals surface area contributed by atoms with Crippen molar-refractivity contribution in [2.45, 2.75) is 32.7 Å². The molecule has 1 saturated heterocycles. The summed E-state index contributed by atoms with van der Waals surface area (Å²) in [7, 11) is 0. The fourth-order valence-corrected chi connectivity index (χ4v) is 2.67. The first-order valence-electron chi connectivity index (χ1n) is 6.55. The van der Waals surface area contributed by atoms with Gasteiger partial charge >= 0.3 is 0 Å². The van der Waals surface area contributed by atoms with E-state index in [4.69, 9.17) is 0 Å². The van der Waals surface area contributed by atoms with Crippen LogP contribution in [0, 0.1) is 6.92 Å². The summed E-state index contributed by atoms with van der Waals surface area (Å²) in [4.78, 5) is 5.93. The molecular weight excluding hydrogens is 208 g/mol. The molecule has 2 heterocycles. The van der Waals surface area contributed by atoms with E-state index in [1.54, 1.807) is 0 Å². The molecule has 1 aliphatic heterocycles. The number of likely N-dealkylation sites (tertiary alicyclic amines) is 1. The lowest BCUT2D eigenvalue weighted by Gasteiger charge is -2.38. The van der Waals surface area contributed by atoms with Gasteiger partial charge in [0, 0.05) is 29.7 Å². The average molecular weight is 228 g/mol. The molecule has 17 heavy (non-hydrogen) atoms. The van der Waals surface area contributed by atoms with Crippen LogP contribution in [0.3, 0.4) is 0 Å². The maximum atomic E-state index is 3.37. The number of aryl methyl sites for hydroxylation is 1. The molecule has 1 aromatic heterocycles. The summed E-state index contributed by atoms with van der Waals surface area (Å²) in [5, 5.41) is 1.40. The number of aromatic amines is 1. The molecule has 90 valence electrons. The number of nitrogens with zero attached hydrogens (tertiary/aromatic N) is 1. The van der Waals surface area contributed by atoms with Crippen LogP contribution in [0.2, 0.25) is 0 Å². The van der Waals surface area contributed by atoms with Crippen LogP contribution in [0.15, 0.2) is 24.4 Å². The third-order valence-corrected chi connectivity index (χ3v) is 4.05. The first-order chi connectivity index (χ1) is 8.24. The molecule has 2 nitrogen and oxygen atoms in total. The van der Waals surface area contributed by atoms with Crippen LogP contribution in [0.5, 0.6) is 0 Å². The zero-order valence-corrected chi connectivity index (χ0v) is 10.7. The molecule has 0 amide bonds. The number of hydrogen-bond donors (Lipinski definition) is 1. The number of hydrogen-bond acceptors (Lipinski definition) is 1. The van der Waals surface area contributed by atoms with Gasteiger partial charge in [0.25, 0.3) is 0 Å². The highest BCUT2D eigenvalue weighted by Crippen LogP contribution is 2.22. The molecular formula is C15H20N2. The first kappa shape index (κ1) is 10.8. The van der Waals surface area contributed by atoms with Gasteiger partial charge in [0.15, 0.2) is 0 Å². The molecule has 1 aliphatic rings. The van der Waals surface area contributed by atoms with Crippen LogP contribution in [0.4, 0.5) is 0 Å². The van der Waals surface area contributed by atoms with Gasteiger partial charge in [-0.05, 0) is 50.9 Å². The standard InChI is InChI=1S/C15H20N2/c1-11-3-4-15-14(9-11)13(10-16-15)6-8-17-7-5-12(17)2/h3-4,9-10,12,16H,5-8H2,1-2H3. The van der Waals surface area contributed by atoms with E-state index < -0.39 is 0 Å². The average Bonchev–Trinajstić information content (AvgIpc) is 2.70. The van der Waals surface area contributed by atoms with Crippen molar-refractivity contribution >= 4 is 10.9 Å². The van der Waals surface area contributed by atoms with Crippen molar-refractivity contribution in [2.24, 2.45) is 0 Å². The van der Waals surface area contributed by atoms with Crippen molar-refractivity contribution in [2.75, 3.05) is 13.1 Å². The number of rotatable bonds is 3. The van der Waals surface area contributed by atoms with Gasteiger partial charge in [-0.2, -0.15) is 0 Å². The van der Waals surface area contributed by atoms with E-state index >= 15 is 0 Å². The number of H-pyrrole nitrogens is 1. The van der Waals surface area contributed by atoms with Crippen molar-refractivity contribution in [1.82, 2.24) is 9.88 Å². The van der Waals surface area contributed by atoms with Crippen LogP contribution in [0.1, 0.15) is 24.5 Å². The Labute approximate surface area is 103 Å². The summed E-state index contributed by atoms with van der Waals surface area (Å²) >= 11 is 0. The Balaban J connectivity index is 1.78. The van der Waals surface area contributed by atoms with Crippen LogP contribution < -0.4 is 0 Å². The predicted octanol–water partition coefficient (Wildman–Crippen LogP) is 3.11. The summed E-state index contributed by atoms with van der Waals surface area (Å²) in [5.74, 6) is 0. The molecule has 1 N–H and O–H groups in total. The van der Waals surface area contributed by atoms with E-state index in [0.29, 0.717) is 0 Å². The van der Waals surface area contributed by atoms with Crippen molar-refractivity contribution in [3.8, 4) is 0 Å². The third kappa shape index (κ3) is 1.98. The molecule has 1 fully saturated rings. The Morgan fingerprint density at radius 2 is 2.29 bits per heavy atom. The fourth-order valence-electron chi connectivity index (χ4n) is 2.67. The molecule has 2 heteroatoms. The van der Waals surface area contributed by atoms with Crippen LogP contribution >= 0.6 is 0 Å². The zero-order valence-electron chi connectivity index (χ0n) is 10.7. The number of fused-ring (bicyclic) bond motifs is 1. The van der Waals surface area contributed by atoms with Crippen LogP contribution in [-0.4, -0.2) is 29.0 Å². The topological polar surface area (TPSA) is 19.0 Å². The number of aromatic nitrogens is 1. The monoisotopic (exact) mass is 228 g/mol. The molecule has 0 bridgehead atoms. The normalized spacial score (nSPS) is 20.7. The quantitative estimate of drug-likeness (QED) is 0.855. The Morgan fingerprint density at radius 3 is 3.00 bits per heavy atom. The minimum atomic E-state index is 0.793. The van der Waals surface area contributed by atoms with Crippen molar-refractivity contribution in [3.05, 3.63) is 35.5 Å². The molecule has 0 radical (unpaired) electrons. The molecule has 0 aliphatic carbocycles. The van der Waals surface area contributed by atoms with Crippen LogP contribution in [-0.2, 0) is 6.42 Å². The van der Waals surface area contributed by atoms with Gasteiger partial charge in [-0.1, -0.05) is 11.6 Å². The molecule has 1 unspecified atom stereocenters. The summed E-state index contributed by atoms with van der Waals surface area (Å²) in [6.45, 7) is 6.96. The fraction of sp³-hybridized carbons (Fsp3) is 0.467. The molecule has 1 aromatic carbocycles. The van der Waals surface area contributed by atoms with Crippen LogP contribution in [0.25, 0.3) is 10.9 Å². The lowest BCUT2D eigenvalue weighted by Crippen LogP contribution is -2.46. The molecule has 3 rings (SSSR count). The SMILES string of the molecule is Cc1ccc2[nH]cc(CCN3CCC3C)c2c1. The van der Waals surface area contributed by atoms with E-state index in [1.807, 2.05) is 0 Å². The minimum Gasteiger partial charge on any atom is -0.361 e. The highest BCUT2D eigenvalue weighted by molar-refractivity contribution is 5.83. The Bertz CT molecular complexity index is 527. The Hall–Kier alpha value is -1.28. The molecule has 2 aromatic rings. The first-order valence-corrected chi connectivity index (χ1v) is 6.55. The van der Waals surface area contributed by atoms with Gasteiger partial charge in [0.2, 0.25) is 0 Å². The third-order valence-electron chi connectivity index (χ3n) is 4.05. The van der Waals surface area contributed by atoms with Crippen molar-refractivity contribution in [3.63, 3.8) is 0 Å². The summed E-state index contributed by atoms with van der Waals surface area (Å²) in [6.07, 6.45) is 4.70. The summed E-state index contributed by atoms with van der Waals surface area (Å²) < 4.78 is 0. The zero-order chi connectivity index (χ0) is 11.8. The van der Waals surface area contributed by atoms with E-state index in [-0.39, 0.29) is 0 Å². The Morgan fingerprint density at radius 1 is 1.41 bits per heavy atom. The molecule has 0 saturated carbocycles. The highest BCUT2D eigenvalue weighted by Gasteiger charge is 2.22. The van der Waals surface area contributed by atoms with Gasteiger partial charge in [-0.3, -0.25) is 0 Å². The van der Waals surface area contributed by atoms with Gasteiger partial charge < -0.3 is 9.88 Å². The van der Waals surface area contributed by atoms with E-state index in [9.17, 15) is 0 Å². The predicted molar refractivity (Wildman–Crippen MR) is 72.4 cm³/mol. The van der Waals surface area contributed by atoms with Gasteiger partial charge in [-0.25, -0.2) is 0 Å². The van der Waals surface area contributed by atoms with Crippen molar-refractivity contribution in [1.29, 1.82) is 0 Å². The molecule has 1 atom stereocenters. The lowest BCUT2D eigenvalue weighted by molar-refractivity contribution is 0.107. The smallest absolute Gasteiger partial charge is 0.0456 e. The van der Waals surface area contributed by atoms with E-state index in [0.717, 1.165) is 12.5 Å². The van der Waals surface area contributed by atoms with Gasteiger partial charge in [0.05, 0.1) is 0 Å². The Kier molecular flexibility index (Phi) is 2.67.